The van der Waals surface area contributed by atoms with Crippen molar-refractivity contribution in [3.63, 3.8) is 0 Å². The molecule has 12 heterocycles. The van der Waals surface area contributed by atoms with Gasteiger partial charge in [-0.1, -0.05) is 231 Å². The van der Waals surface area contributed by atoms with Crippen LogP contribution in [0, 0.1) is 0 Å². The van der Waals surface area contributed by atoms with Crippen LogP contribution in [-0.2, 0) is 0 Å². The van der Waals surface area contributed by atoms with E-state index in [1.807, 2.05) is 98.4 Å². The normalized spacial score (nSPS) is 12.6. The lowest BCUT2D eigenvalue weighted by molar-refractivity contribution is 1.28. The molecule has 6 aliphatic rings. The highest BCUT2D eigenvalue weighted by Crippen LogP contribution is 2.51. The molecule has 6 aromatic heterocycles. The van der Waals surface area contributed by atoms with Gasteiger partial charge in [0.15, 0.2) is 0 Å². The van der Waals surface area contributed by atoms with Crippen molar-refractivity contribution in [2.24, 2.45) is 0 Å². The average Bonchev–Trinajstić information content (AvgIpc) is 0.719. The van der Waals surface area contributed by atoms with Gasteiger partial charge in [-0.2, -0.15) is 0 Å². The van der Waals surface area contributed by atoms with Crippen LogP contribution in [0.5, 0.6) is 0 Å². The van der Waals surface area contributed by atoms with Gasteiger partial charge >= 0.3 is 20.5 Å². The van der Waals surface area contributed by atoms with E-state index in [0.717, 1.165) is 66.9 Å². The Kier molecular flexibility index (Phi) is 16.0. The van der Waals surface area contributed by atoms with Crippen molar-refractivity contribution in [1.29, 1.82) is 0 Å². The minimum Gasteiger partial charge on any atom is -0.376 e. The van der Waals surface area contributed by atoms with E-state index in [4.69, 9.17) is 0 Å². The van der Waals surface area contributed by atoms with E-state index in [1.165, 1.54) is 134 Å². The van der Waals surface area contributed by atoms with Crippen LogP contribution >= 0.6 is 0 Å². The predicted molar refractivity (Wildman–Crippen MR) is 472 cm³/mol. The first-order chi connectivity index (χ1) is 56.6. The van der Waals surface area contributed by atoms with Crippen molar-refractivity contribution in [3.05, 3.63) is 402 Å². The van der Waals surface area contributed by atoms with Crippen LogP contribution in [0.3, 0.4) is 0 Å². The highest BCUT2D eigenvalue weighted by Gasteiger charge is 2.45. The monoisotopic (exact) mass is 1450 g/mol. The Hall–Kier alpha value is -14.9. The smallest absolute Gasteiger partial charge is 0.329 e. The largest absolute Gasteiger partial charge is 0.376 e. The van der Waals surface area contributed by atoms with Gasteiger partial charge in [-0.05, 0) is 192 Å². The lowest BCUT2D eigenvalue weighted by atomic mass is 9.43. The number of nitrogens with zero attached hydrogens (tertiary/aromatic N) is 9. The van der Waals surface area contributed by atoms with E-state index < -0.39 is 0 Å². The zero-order valence-electron chi connectivity index (χ0n) is 61.9. The summed E-state index contributed by atoms with van der Waals surface area (Å²) in [4.78, 5) is 34.3. The molecule has 0 bridgehead atoms. The Morgan fingerprint density at radius 1 is 0.167 bits per heavy atom. The van der Waals surface area contributed by atoms with Crippen molar-refractivity contribution < 1.29 is 0 Å². The van der Waals surface area contributed by atoms with E-state index >= 15 is 0 Å². The summed E-state index contributed by atoms with van der Waals surface area (Å²) in [5, 5.41) is 0. The van der Waals surface area contributed by atoms with Crippen molar-refractivity contribution >= 4 is 87.4 Å². The summed E-state index contributed by atoms with van der Waals surface area (Å²) in [6, 6.07) is 121. The standard InChI is InChI=1S/3C34H22BN3/c1-4-12-30-26(9-1)28-11-3-6-15-33(28)38-34-17-16-23(20-29(34)27-10-2-5-13-31(27)35(30)38)24-19-25(22-36-21-24)32-14-7-8-18-37-32;1-4-12-31-27(9-1)29-11-3-6-14-33(29)38-34-16-15-23(19-30(34)28-10-2-5-13-32(28)35(31)38)25-18-26(22-37-21-25)24-8-7-17-36-20-24;1-4-10-31-27(7-1)29-9-3-6-12-33(29)38-34-14-13-24(20-30(34)28-8-2-5-11-32(28)35(31)38)26-19-25(21-37-22-26)23-15-17-36-18-16-23/h3*1-22H. The Morgan fingerprint density at radius 2 is 0.465 bits per heavy atom. The molecule has 9 nitrogen and oxygen atoms in total. The summed E-state index contributed by atoms with van der Waals surface area (Å²) < 4.78 is 0. The third-order valence-corrected chi connectivity index (χ3v) is 23.5. The zero-order chi connectivity index (χ0) is 75.2. The maximum atomic E-state index is 4.58. The second-order valence-electron chi connectivity index (χ2n) is 29.7. The molecule has 0 unspecified atom stereocenters. The summed E-state index contributed by atoms with van der Waals surface area (Å²) in [5.41, 5.74) is 43.9. The maximum Gasteiger partial charge on any atom is 0.329 e. The molecule has 0 saturated heterocycles. The summed E-state index contributed by atoms with van der Waals surface area (Å²) in [6.45, 7) is 0.392. The molecule has 12 heteroatoms. The second-order valence-corrected chi connectivity index (χ2v) is 29.7. The van der Waals surface area contributed by atoms with Gasteiger partial charge in [-0.3, -0.25) is 29.9 Å². The highest BCUT2D eigenvalue weighted by atomic mass is 15.1. The molecule has 0 radical (unpaired) electrons. The number of hydrogen-bond donors (Lipinski definition) is 0. The SMILES string of the molecule is c1ccc(-c2cncc(-c3ccc4c(c3)-c3ccccc3B3c5ccccc5-c5ccccc5N34)c2)nc1.c1ccc2c(c1)B1c3ccccc3-c3cc(-c4cncc(-c5ccncc5)c4)ccc3N1c1ccccc1-2.c1cncc(-c2cncc(-c3ccc4c(c3)-c3ccccc3B3c5ccccc5-c5ccccc5N34)c2)c1. The minimum absolute atomic E-state index is 0.129. The third kappa shape index (κ3) is 11.0. The van der Waals surface area contributed by atoms with E-state index in [-0.39, 0.29) is 20.5 Å². The van der Waals surface area contributed by atoms with Crippen LogP contribution in [0.4, 0.5) is 34.1 Å². The zero-order valence-corrected chi connectivity index (χ0v) is 61.9. The second kappa shape index (κ2) is 27.6. The van der Waals surface area contributed by atoms with Gasteiger partial charge in [0.25, 0.3) is 0 Å². The highest BCUT2D eigenvalue weighted by molar-refractivity contribution is 6.94. The van der Waals surface area contributed by atoms with Gasteiger partial charge in [0.1, 0.15) is 0 Å². The molecule has 18 aromatic rings. The van der Waals surface area contributed by atoms with Crippen molar-refractivity contribution in [2.45, 2.75) is 0 Å². The molecule has 528 valence electrons. The number of rotatable bonds is 6. The Morgan fingerprint density at radius 3 is 0.825 bits per heavy atom. The van der Waals surface area contributed by atoms with Gasteiger partial charge in [-0.25, -0.2) is 0 Å². The first kappa shape index (κ1) is 66.2. The first-order valence-electron chi connectivity index (χ1n) is 38.8. The topological polar surface area (TPSA) is 87.1 Å². The average molecular weight is 1450 g/mol. The molecule has 0 fully saturated rings. The van der Waals surface area contributed by atoms with Crippen LogP contribution in [-0.4, -0.2) is 50.4 Å². The van der Waals surface area contributed by atoms with Gasteiger partial charge in [-0.15, -0.1) is 0 Å². The summed E-state index contributed by atoms with van der Waals surface area (Å²) in [6.07, 6.45) is 20.7. The Bertz CT molecular complexity index is 6190. The number of fused-ring (bicyclic) bond motifs is 33. The van der Waals surface area contributed by atoms with Crippen LogP contribution in [0.1, 0.15) is 0 Å². The molecular formula is C102H66B3N9. The number of pyridine rings is 6. The van der Waals surface area contributed by atoms with Crippen LogP contribution < -0.4 is 47.2 Å². The number of para-hydroxylation sites is 3. The number of benzene rings is 12. The van der Waals surface area contributed by atoms with Gasteiger partial charge < -0.3 is 14.4 Å². The van der Waals surface area contributed by atoms with Gasteiger partial charge in [0.05, 0.1) is 5.69 Å². The fourth-order valence-electron chi connectivity index (χ4n) is 18.5. The molecule has 0 N–H and O–H groups in total. The molecule has 114 heavy (non-hydrogen) atoms. The van der Waals surface area contributed by atoms with E-state index in [0.29, 0.717) is 0 Å². The van der Waals surface area contributed by atoms with Gasteiger partial charge in [0, 0.05) is 175 Å². The Labute approximate surface area is 663 Å². The quantitative estimate of drug-likeness (QED) is 0.151. The van der Waals surface area contributed by atoms with Gasteiger partial charge in [0.2, 0.25) is 0 Å². The minimum atomic E-state index is 0.129. The molecule has 0 amide bonds. The van der Waals surface area contributed by atoms with Crippen molar-refractivity contribution in [3.8, 4) is 134 Å². The summed E-state index contributed by atoms with van der Waals surface area (Å²) >= 11 is 0. The van der Waals surface area contributed by atoms with Crippen LogP contribution in [0.15, 0.2) is 402 Å². The van der Waals surface area contributed by atoms with E-state index in [9.17, 15) is 0 Å². The molecule has 0 saturated carbocycles. The van der Waals surface area contributed by atoms with Crippen LogP contribution in [0.25, 0.3) is 134 Å². The summed E-state index contributed by atoms with van der Waals surface area (Å²) in [7, 11) is 0. The maximum absolute atomic E-state index is 4.58. The fraction of sp³-hybridized carbons (Fsp3) is 0. The van der Waals surface area contributed by atoms with Crippen LogP contribution in [0.2, 0.25) is 0 Å². The van der Waals surface area contributed by atoms with E-state index in [2.05, 4.69) is 342 Å². The predicted octanol–water partition coefficient (Wildman–Crippen LogP) is 20.1. The Balaban J connectivity index is 0.000000104. The molecule has 0 aliphatic carbocycles. The number of aromatic nitrogens is 6. The van der Waals surface area contributed by atoms with Crippen molar-refractivity contribution in [1.82, 2.24) is 29.9 Å². The summed E-state index contributed by atoms with van der Waals surface area (Å²) in [5.74, 6) is 0. The molecule has 0 spiro atoms. The van der Waals surface area contributed by atoms with E-state index in [1.54, 1.807) is 6.20 Å². The third-order valence-electron chi connectivity index (χ3n) is 23.5. The lowest BCUT2D eigenvalue weighted by Gasteiger charge is -2.43. The molecular weight excluding hydrogens is 1380 g/mol. The molecule has 0 atom stereocenters. The molecule has 12 aromatic carbocycles. The van der Waals surface area contributed by atoms with Crippen molar-refractivity contribution in [2.75, 3.05) is 14.4 Å². The number of anilines is 6. The number of hydrogen-bond acceptors (Lipinski definition) is 9. The fourth-order valence-corrected chi connectivity index (χ4v) is 18.5. The molecule has 24 rings (SSSR count). The lowest BCUT2D eigenvalue weighted by Crippen LogP contribution is -2.59. The molecule has 6 aliphatic heterocycles. The first-order valence-corrected chi connectivity index (χ1v) is 38.8.